The molecular weight excluding hydrogens is 200 g/mol. The molecule has 1 aromatic rings. The zero-order valence-electron chi connectivity index (χ0n) is 10.2. The molecule has 88 valence electrons. The number of amides is 1. The van der Waals surface area contributed by atoms with E-state index in [0.29, 0.717) is 18.0 Å². The predicted molar refractivity (Wildman–Crippen MR) is 68.3 cm³/mol. The predicted octanol–water partition coefficient (Wildman–Crippen LogP) is 2.95. The van der Waals surface area contributed by atoms with E-state index in [1.807, 2.05) is 25.1 Å². The fourth-order valence-electron chi connectivity index (χ4n) is 1.42. The lowest BCUT2D eigenvalue weighted by Crippen LogP contribution is -2.13. The van der Waals surface area contributed by atoms with Gasteiger partial charge in [0.25, 0.3) is 0 Å². The Kier molecular flexibility index (Phi) is 4.35. The molecule has 0 aliphatic carbocycles. The third-order valence-corrected chi connectivity index (χ3v) is 2.60. The largest absolute Gasteiger partial charge is 0.398 e. The summed E-state index contributed by atoms with van der Waals surface area (Å²) in [5, 5.41) is 2.89. The van der Waals surface area contributed by atoms with Crippen LogP contribution >= 0.6 is 0 Å². The first-order valence-electron chi connectivity index (χ1n) is 5.65. The van der Waals surface area contributed by atoms with E-state index < -0.39 is 0 Å². The van der Waals surface area contributed by atoms with E-state index in [1.54, 1.807) is 0 Å². The van der Waals surface area contributed by atoms with Crippen LogP contribution in [0.3, 0.4) is 0 Å². The number of nitrogen functional groups attached to an aromatic ring is 1. The summed E-state index contributed by atoms with van der Waals surface area (Å²) in [5.41, 5.74) is 8.22. The Morgan fingerprint density at radius 1 is 1.44 bits per heavy atom. The number of benzene rings is 1. The number of carbonyl (C=O) groups excluding carboxylic acids is 1. The van der Waals surface area contributed by atoms with E-state index in [-0.39, 0.29) is 5.91 Å². The lowest BCUT2D eigenvalue weighted by Gasteiger charge is -2.10. The third kappa shape index (κ3) is 3.57. The molecular formula is C13H20N2O. The van der Waals surface area contributed by atoms with Crippen LogP contribution in [0.1, 0.15) is 32.3 Å². The number of hydrogen-bond donors (Lipinski definition) is 2. The van der Waals surface area contributed by atoms with Gasteiger partial charge in [-0.25, -0.2) is 0 Å². The minimum Gasteiger partial charge on any atom is -0.398 e. The third-order valence-electron chi connectivity index (χ3n) is 2.60. The monoisotopic (exact) mass is 220 g/mol. The van der Waals surface area contributed by atoms with Crippen molar-refractivity contribution in [2.24, 2.45) is 5.92 Å². The summed E-state index contributed by atoms with van der Waals surface area (Å²) in [6, 6.07) is 5.55. The molecule has 1 rings (SSSR count). The molecule has 3 nitrogen and oxygen atoms in total. The molecule has 0 saturated heterocycles. The molecule has 16 heavy (non-hydrogen) atoms. The normalized spacial score (nSPS) is 10.5. The van der Waals surface area contributed by atoms with Gasteiger partial charge in [0.1, 0.15) is 0 Å². The van der Waals surface area contributed by atoms with Crippen LogP contribution in [0.2, 0.25) is 0 Å². The second-order valence-corrected chi connectivity index (χ2v) is 4.50. The van der Waals surface area contributed by atoms with Crippen molar-refractivity contribution in [3.05, 3.63) is 23.8 Å². The average molecular weight is 220 g/mol. The minimum absolute atomic E-state index is 0.0578. The van der Waals surface area contributed by atoms with Crippen LogP contribution in [0, 0.1) is 12.8 Å². The van der Waals surface area contributed by atoms with Crippen molar-refractivity contribution >= 4 is 17.3 Å². The maximum atomic E-state index is 11.6. The number of hydrogen-bond acceptors (Lipinski definition) is 2. The number of rotatable bonds is 4. The molecule has 3 N–H and O–H groups in total. The van der Waals surface area contributed by atoms with Crippen molar-refractivity contribution in [1.29, 1.82) is 0 Å². The first-order chi connectivity index (χ1) is 7.50. The number of carbonyl (C=O) groups is 1. The highest BCUT2D eigenvalue weighted by atomic mass is 16.1. The summed E-state index contributed by atoms with van der Waals surface area (Å²) < 4.78 is 0. The van der Waals surface area contributed by atoms with Gasteiger partial charge in [-0.15, -0.1) is 0 Å². The molecule has 0 bridgehead atoms. The van der Waals surface area contributed by atoms with Crippen LogP contribution in [0.15, 0.2) is 18.2 Å². The van der Waals surface area contributed by atoms with Crippen molar-refractivity contribution in [3.63, 3.8) is 0 Å². The molecule has 0 spiro atoms. The van der Waals surface area contributed by atoms with Gasteiger partial charge in [0.15, 0.2) is 0 Å². The zero-order chi connectivity index (χ0) is 12.1. The first kappa shape index (κ1) is 12.6. The quantitative estimate of drug-likeness (QED) is 0.766. The Morgan fingerprint density at radius 2 is 2.12 bits per heavy atom. The summed E-state index contributed by atoms with van der Waals surface area (Å²) in [6.45, 7) is 6.13. The van der Waals surface area contributed by atoms with Crippen molar-refractivity contribution in [3.8, 4) is 0 Å². The van der Waals surface area contributed by atoms with Gasteiger partial charge in [-0.3, -0.25) is 4.79 Å². The van der Waals surface area contributed by atoms with Gasteiger partial charge in [-0.1, -0.05) is 19.9 Å². The van der Waals surface area contributed by atoms with Gasteiger partial charge >= 0.3 is 0 Å². The SMILES string of the molecule is Cc1c(N)cccc1NC(=O)CCC(C)C. The molecule has 1 aromatic carbocycles. The minimum atomic E-state index is 0.0578. The maximum absolute atomic E-state index is 11.6. The van der Waals surface area contributed by atoms with E-state index in [4.69, 9.17) is 5.73 Å². The van der Waals surface area contributed by atoms with Gasteiger partial charge in [0, 0.05) is 17.8 Å². The lowest BCUT2D eigenvalue weighted by atomic mass is 10.1. The molecule has 3 heteroatoms. The van der Waals surface area contributed by atoms with Crippen molar-refractivity contribution in [1.82, 2.24) is 0 Å². The van der Waals surface area contributed by atoms with Gasteiger partial charge in [-0.05, 0) is 37.0 Å². The Bertz CT molecular complexity index is 372. The van der Waals surface area contributed by atoms with E-state index in [1.165, 1.54) is 0 Å². The molecule has 0 aliphatic rings. The van der Waals surface area contributed by atoms with Gasteiger partial charge in [-0.2, -0.15) is 0 Å². The molecule has 0 saturated carbocycles. The van der Waals surface area contributed by atoms with Crippen LogP contribution in [-0.2, 0) is 4.79 Å². The average Bonchev–Trinajstić information content (AvgIpc) is 2.22. The fraction of sp³-hybridized carbons (Fsp3) is 0.462. The Labute approximate surface area is 97.0 Å². The zero-order valence-corrected chi connectivity index (χ0v) is 10.2. The van der Waals surface area contributed by atoms with Crippen LogP contribution in [0.4, 0.5) is 11.4 Å². The Hall–Kier alpha value is -1.51. The summed E-state index contributed by atoms with van der Waals surface area (Å²) in [4.78, 5) is 11.6. The number of anilines is 2. The molecule has 1 amide bonds. The second-order valence-electron chi connectivity index (χ2n) is 4.50. The summed E-state index contributed by atoms with van der Waals surface area (Å²) in [6.07, 6.45) is 1.47. The standard InChI is InChI=1S/C13H20N2O/c1-9(2)7-8-13(16)15-12-6-4-5-11(14)10(12)3/h4-6,9H,7-8,14H2,1-3H3,(H,15,16). The first-order valence-corrected chi connectivity index (χ1v) is 5.65. The number of nitrogens with two attached hydrogens (primary N) is 1. The van der Waals surface area contributed by atoms with Crippen molar-refractivity contribution in [2.45, 2.75) is 33.6 Å². The van der Waals surface area contributed by atoms with Gasteiger partial charge in [0.2, 0.25) is 5.91 Å². The summed E-state index contributed by atoms with van der Waals surface area (Å²) in [7, 11) is 0. The van der Waals surface area contributed by atoms with Crippen LogP contribution in [0.5, 0.6) is 0 Å². The smallest absolute Gasteiger partial charge is 0.224 e. The van der Waals surface area contributed by atoms with Gasteiger partial charge in [0.05, 0.1) is 0 Å². The molecule has 0 fully saturated rings. The van der Waals surface area contributed by atoms with Crippen LogP contribution in [-0.4, -0.2) is 5.91 Å². The molecule has 0 atom stereocenters. The Morgan fingerprint density at radius 3 is 2.75 bits per heavy atom. The van der Waals surface area contributed by atoms with E-state index in [2.05, 4.69) is 19.2 Å². The molecule has 0 aromatic heterocycles. The van der Waals surface area contributed by atoms with Crippen LogP contribution in [0.25, 0.3) is 0 Å². The summed E-state index contributed by atoms with van der Waals surface area (Å²) in [5.74, 6) is 0.607. The molecule has 0 heterocycles. The lowest BCUT2D eigenvalue weighted by molar-refractivity contribution is -0.116. The topological polar surface area (TPSA) is 55.1 Å². The molecule has 0 unspecified atom stereocenters. The van der Waals surface area contributed by atoms with E-state index in [0.717, 1.165) is 17.7 Å². The van der Waals surface area contributed by atoms with Crippen LogP contribution < -0.4 is 11.1 Å². The van der Waals surface area contributed by atoms with Gasteiger partial charge < -0.3 is 11.1 Å². The fourth-order valence-corrected chi connectivity index (χ4v) is 1.42. The second kappa shape index (κ2) is 5.54. The molecule has 0 radical (unpaired) electrons. The Balaban J connectivity index is 2.59. The number of nitrogens with one attached hydrogen (secondary N) is 1. The summed E-state index contributed by atoms with van der Waals surface area (Å²) >= 11 is 0. The van der Waals surface area contributed by atoms with E-state index >= 15 is 0 Å². The highest BCUT2D eigenvalue weighted by molar-refractivity contribution is 5.92. The molecule has 0 aliphatic heterocycles. The highest BCUT2D eigenvalue weighted by Gasteiger charge is 2.06. The van der Waals surface area contributed by atoms with E-state index in [9.17, 15) is 4.79 Å². The maximum Gasteiger partial charge on any atom is 0.224 e. The van der Waals surface area contributed by atoms with Crippen molar-refractivity contribution in [2.75, 3.05) is 11.1 Å². The van der Waals surface area contributed by atoms with Crippen molar-refractivity contribution < 1.29 is 4.79 Å². The highest BCUT2D eigenvalue weighted by Crippen LogP contribution is 2.20.